The topological polar surface area (TPSA) is 94.3 Å². The summed E-state index contributed by atoms with van der Waals surface area (Å²) in [6.07, 6.45) is 3.20. The third kappa shape index (κ3) is 2.95. The Morgan fingerprint density at radius 3 is 2.71 bits per heavy atom. The lowest BCUT2D eigenvalue weighted by Crippen LogP contribution is -2.40. The Morgan fingerprint density at radius 1 is 1.38 bits per heavy atom. The number of methoxy groups -OCH3 is 1. The van der Waals surface area contributed by atoms with E-state index in [9.17, 15) is 0 Å². The number of nitrogens with one attached hydrogen (secondary N) is 2. The lowest BCUT2D eigenvalue weighted by atomic mass is 10.0. The average molecular weight is 293 g/mol. The van der Waals surface area contributed by atoms with Gasteiger partial charge in [-0.25, -0.2) is 15.8 Å². The highest BCUT2D eigenvalue weighted by Gasteiger charge is 2.35. The van der Waals surface area contributed by atoms with Crippen LogP contribution in [-0.4, -0.2) is 42.4 Å². The summed E-state index contributed by atoms with van der Waals surface area (Å²) in [7, 11) is 1.73. The zero-order valence-electron chi connectivity index (χ0n) is 12.6. The van der Waals surface area contributed by atoms with Crippen LogP contribution in [0.1, 0.15) is 36.6 Å². The van der Waals surface area contributed by atoms with Crippen LogP contribution in [0.25, 0.3) is 0 Å². The number of nitrogens with zero attached hydrogens (tertiary/aromatic N) is 2. The third-order valence-electron chi connectivity index (χ3n) is 4.32. The maximum atomic E-state index is 5.64. The smallest absolute Gasteiger partial charge is 0.148 e. The molecule has 1 saturated carbocycles. The SMILES string of the molecule is COC1(CNc2nc(C3CC3)nc(NN)c2C)CCOC1. The van der Waals surface area contributed by atoms with Crippen molar-refractivity contribution in [2.24, 2.45) is 5.84 Å². The second-order valence-corrected chi connectivity index (χ2v) is 5.87. The normalized spacial score (nSPS) is 25.1. The number of ether oxygens (including phenoxy) is 2. The molecule has 3 rings (SSSR count). The number of nitrogen functional groups attached to an aromatic ring is 1. The summed E-state index contributed by atoms with van der Waals surface area (Å²) in [6, 6.07) is 0. The number of aromatic nitrogens is 2. The molecule has 4 N–H and O–H groups in total. The molecule has 1 aliphatic heterocycles. The first-order valence-electron chi connectivity index (χ1n) is 7.39. The number of anilines is 2. The summed E-state index contributed by atoms with van der Waals surface area (Å²) < 4.78 is 11.1. The van der Waals surface area contributed by atoms with Crippen molar-refractivity contribution in [3.05, 3.63) is 11.4 Å². The fourth-order valence-electron chi connectivity index (χ4n) is 2.58. The minimum atomic E-state index is -0.270. The van der Waals surface area contributed by atoms with Gasteiger partial charge in [-0.2, -0.15) is 0 Å². The maximum absolute atomic E-state index is 5.64. The van der Waals surface area contributed by atoms with Crippen molar-refractivity contribution < 1.29 is 9.47 Å². The molecule has 1 atom stereocenters. The van der Waals surface area contributed by atoms with E-state index in [0.717, 1.165) is 43.1 Å². The first-order valence-corrected chi connectivity index (χ1v) is 7.39. The van der Waals surface area contributed by atoms with Gasteiger partial charge in [-0.1, -0.05) is 0 Å². The van der Waals surface area contributed by atoms with Gasteiger partial charge in [0.05, 0.1) is 6.61 Å². The Morgan fingerprint density at radius 2 is 2.14 bits per heavy atom. The molecule has 0 bridgehead atoms. The first kappa shape index (κ1) is 14.5. The molecule has 0 amide bonds. The molecule has 1 aliphatic carbocycles. The summed E-state index contributed by atoms with van der Waals surface area (Å²) in [5.74, 6) is 8.42. The van der Waals surface area contributed by atoms with E-state index >= 15 is 0 Å². The van der Waals surface area contributed by atoms with Gasteiger partial charge in [-0.15, -0.1) is 0 Å². The number of rotatable bonds is 6. The molecule has 1 aromatic rings. The summed E-state index contributed by atoms with van der Waals surface area (Å²) >= 11 is 0. The van der Waals surface area contributed by atoms with Gasteiger partial charge in [-0.3, -0.25) is 0 Å². The van der Waals surface area contributed by atoms with Gasteiger partial charge in [0, 0.05) is 38.2 Å². The van der Waals surface area contributed by atoms with Gasteiger partial charge in [0.25, 0.3) is 0 Å². The summed E-state index contributed by atoms with van der Waals surface area (Å²) in [5, 5.41) is 3.39. The monoisotopic (exact) mass is 293 g/mol. The quantitative estimate of drug-likeness (QED) is 0.535. The average Bonchev–Trinajstić information content (AvgIpc) is 3.25. The molecule has 2 fully saturated rings. The van der Waals surface area contributed by atoms with E-state index in [1.807, 2.05) is 6.92 Å². The van der Waals surface area contributed by atoms with Crippen LogP contribution in [0.2, 0.25) is 0 Å². The van der Waals surface area contributed by atoms with E-state index in [4.69, 9.17) is 15.3 Å². The molecule has 116 valence electrons. The highest BCUT2D eigenvalue weighted by molar-refractivity contribution is 5.57. The summed E-state index contributed by atoms with van der Waals surface area (Å²) in [4.78, 5) is 9.14. The highest BCUT2D eigenvalue weighted by atomic mass is 16.5. The van der Waals surface area contributed by atoms with E-state index in [1.165, 1.54) is 0 Å². The van der Waals surface area contributed by atoms with Crippen LogP contribution in [0.4, 0.5) is 11.6 Å². The van der Waals surface area contributed by atoms with E-state index in [2.05, 4.69) is 20.7 Å². The Balaban J connectivity index is 1.79. The zero-order valence-corrected chi connectivity index (χ0v) is 12.6. The Hall–Kier alpha value is -1.44. The van der Waals surface area contributed by atoms with Crippen molar-refractivity contribution in [3.8, 4) is 0 Å². The van der Waals surface area contributed by atoms with E-state index < -0.39 is 0 Å². The summed E-state index contributed by atoms with van der Waals surface area (Å²) in [5.41, 5.74) is 3.32. The Bertz CT molecular complexity index is 512. The van der Waals surface area contributed by atoms with Crippen molar-refractivity contribution in [1.29, 1.82) is 0 Å². The number of hydrogen-bond donors (Lipinski definition) is 3. The Labute approximate surface area is 124 Å². The fourth-order valence-corrected chi connectivity index (χ4v) is 2.58. The standard InChI is InChI=1S/C14H23N5O2/c1-9-11(16-7-14(20-2)5-6-21-8-14)17-13(10-3-4-10)18-12(9)19-15/h10H,3-8,15H2,1-2H3,(H2,16,17,18,19). The van der Waals surface area contributed by atoms with E-state index in [0.29, 0.717) is 24.9 Å². The van der Waals surface area contributed by atoms with Crippen molar-refractivity contribution in [2.45, 2.75) is 37.7 Å². The molecular weight excluding hydrogens is 270 g/mol. The molecule has 1 saturated heterocycles. The molecule has 0 aromatic carbocycles. The van der Waals surface area contributed by atoms with Crippen molar-refractivity contribution in [3.63, 3.8) is 0 Å². The molecule has 2 aliphatic rings. The highest BCUT2D eigenvalue weighted by Crippen LogP contribution is 2.39. The lowest BCUT2D eigenvalue weighted by Gasteiger charge is -2.26. The number of hydrazine groups is 1. The molecular formula is C14H23N5O2. The van der Waals surface area contributed by atoms with Crippen LogP contribution in [-0.2, 0) is 9.47 Å². The second kappa shape index (κ2) is 5.75. The van der Waals surface area contributed by atoms with Crippen molar-refractivity contribution in [2.75, 3.05) is 37.6 Å². The minimum Gasteiger partial charge on any atom is -0.378 e. The molecule has 0 spiro atoms. The van der Waals surface area contributed by atoms with Gasteiger partial charge < -0.3 is 20.2 Å². The van der Waals surface area contributed by atoms with Gasteiger partial charge in [-0.05, 0) is 19.8 Å². The van der Waals surface area contributed by atoms with Crippen LogP contribution in [0.15, 0.2) is 0 Å². The van der Waals surface area contributed by atoms with Crippen LogP contribution < -0.4 is 16.6 Å². The van der Waals surface area contributed by atoms with Gasteiger partial charge >= 0.3 is 0 Å². The third-order valence-corrected chi connectivity index (χ3v) is 4.32. The Kier molecular flexibility index (Phi) is 3.97. The molecule has 7 nitrogen and oxygen atoms in total. The number of hydrogen-bond acceptors (Lipinski definition) is 7. The van der Waals surface area contributed by atoms with Crippen LogP contribution in [0, 0.1) is 6.92 Å². The fraction of sp³-hybridized carbons (Fsp3) is 0.714. The van der Waals surface area contributed by atoms with Crippen LogP contribution >= 0.6 is 0 Å². The lowest BCUT2D eigenvalue weighted by molar-refractivity contribution is -0.00626. The molecule has 7 heteroatoms. The minimum absolute atomic E-state index is 0.270. The molecule has 1 unspecified atom stereocenters. The molecule has 21 heavy (non-hydrogen) atoms. The first-order chi connectivity index (χ1) is 10.2. The van der Waals surface area contributed by atoms with Gasteiger partial charge in [0.2, 0.25) is 0 Å². The van der Waals surface area contributed by atoms with E-state index in [1.54, 1.807) is 7.11 Å². The second-order valence-electron chi connectivity index (χ2n) is 5.87. The van der Waals surface area contributed by atoms with Gasteiger partial charge in [0.1, 0.15) is 23.1 Å². The van der Waals surface area contributed by atoms with Crippen LogP contribution in [0.3, 0.4) is 0 Å². The molecule has 0 radical (unpaired) electrons. The number of nitrogens with two attached hydrogens (primary N) is 1. The molecule has 2 heterocycles. The predicted octanol–water partition coefficient (Wildman–Crippen LogP) is 1.17. The van der Waals surface area contributed by atoms with E-state index in [-0.39, 0.29) is 5.60 Å². The van der Waals surface area contributed by atoms with Crippen LogP contribution in [0.5, 0.6) is 0 Å². The summed E-state index contributed by atoms with van der Waals surface area (Å²) in [6.45, 7) is 3.97. The largest absolute Gasteiger partial charge is 0.378 e. The maximum Gasteiger partial charge on any atom is 0.148 e. The van der Waals surface area contributed by atoms with Gasteiger partial charge in [0.15, 0.2) is 0 Å². The van der Waals surface area contributed by atoms with Crippen molar-refractivity contribution in [1.82, 2.24) is 9.97 Å². The van der Waals surface area contributed by atoms with Crippen molar-refractivity contribution >= 4 is 11.6 Å². The molecule has 1 aromatic heterocycles. The zero-order chi connectivity index (χ0) is 14.9. The predicted molar refractivity (Wildman–Crippen MR) is 80.2 cm³/mol.